The van der Waals surface area contributed by atoms with Crippen LogP contribution in [0.3, 0.4) is 0 Å². The molecule has 0 aliphatic rings. The molecule has 0 radical (unpaired) electrons. The minimum atomic E-state index is 0.515. The summed E-state index contributed by atoms with van der Waals surface area (Å²) in [6.45, 7) is 15.5. The summed E-state index contributed by atoms with van der Waals surface area (Å²) in [5.74, 6) is 0. The minimum absolute atomic E-state index is 0.515. The van der Waals surface area contributed by atoms with Crippen molar-refractivity contribution in [1.82, 2.24) is 4.90 Å². The van der Waals surface area contributed by atoms with E-state index in [1.807, 2.05) is 14.1 Å². The van der Waals surface area contributed by atoms with Gasteiger partial charge in [0.1, 0.15) is 0 Å². The minimum Gasteiger partial charge on any atom is -0.379 e. The van der Waals surface area contributed by atoms with E-state index in [2.05, 4.69) is 27.5 Å². The Morgan fingerprint density at radius 3 is 0.694 bits per heavy atom. The Hall–Kier alpha value is 0.170. The average molecular weight is 828 g/mol. The average Bonchev–Trinajstić information content (AvgIpc) is 3.10. The maximum atomic E-state index is 5.56. The maximum Gasteiger partial charge on any atom is 0.0701 e. The molecule has 0 rings (SSSR count). The molecule has 0 aromatic carbocycles. The Bertz CT molecular complexity index is 588. The highest BCUT2D eigenvalue weighted by Gasteiger charge is 1.97. The van der Waals surface area contributed by atoms with Gasteiger partial charge in [-0.25, -0.2) is 0 Å². The third kappa shape index (κ3) is 48.2. The summed E-state index contributed by atoms with van der Waals surface area (Å²) in [4.78, 5) is 2.08. The summed E-state index contributed by atoms with van der Waals surface area (Å²) < 4.78 is 72.6. The van der Waals surface area contributed by atoms with Crippen molar-refractivity contribution in [2.75, 3.05) is 197 Å². The van der Waals surface area contributed by atoms with E-state index in [0.717, 1.165) is 26.2 Å². The number of nitrogens with zero attached hydrogens (tertiary/aromatic N) is 1. The van der Waals surface area contributed by atoms with Crippen molar-refractivity contribution in [1.29, 1.82) is 0 Å². The van der Waals surface area contributed by atoms with Crippen molar-refractivity contribution in [3.63, 3.8) is 0 Å². The van der Waals surface area contributed by atoms with Crippen molar-refractivity contribution in [3.8, 4) is 0 Å². The zero-order valence-corrected chi connectivity index (χ0v) is 32.9. The molecule has 0 unspecified atom stereocenters. The summed E-state index contributed by atoms with van der Waals surface area (Å²) in [5.41, 5.74) is 0. The summed E-state index contributed by atoms with van der Waals surface area (Å²) in [7, 11) is 4.04. The number of hydrogen-bond acceptors (Lipinski definition) is 14. The molecule has 49 heavy (non-hydrogen) atoms. The van der Waals surface area contributed by atoms with Crippen molar-refractivity contribution >= 4 is 22.6 Å². The second kappa shape index (κ2) is 46.2. The van der Waals surface area contributed by atoms with Gasteiger partial charge in [-0.15, -0.1) is 0 Å². The fourth-order valence-electron chi connectivity index (χ4n) is 3.64. The first-order valence-electron chi connectivity index (χ1n) is 18.0. The molecular weight excluding hydrogens is 757 g/mol. The summed E-state index contributed by atoms with van der Waals surface area (Å²) in [6.07, 6.45) is 4.98. The Morgan fingerprint density at radius 2 is 0.469 bits per heavy atom. The van der Waals surface area contributed by atoms with Crippen molar-refractivity contribution in [3.05, 3.63) is 0 Å². The normalized spacial score (nSPS) is 11.8. The predicted octanol–water partition coefficient (Wildman–Crippen LogP) is 2.76. The van der Waals surface area contributed by atoms with E-state index in [1.165, 1.54) is 23.7 Å². The van der Waals surface area contributed by atoms with Gasteiger partial charge in [0.25, 0.3) is 0 Å². The van der Waals surface area contributed by atoms with Crippen LogP contribution in [0.25, 0.3) is 0 Å². The number of rotatable bonds is 45. The molecule has 0 aromatic rings. The Labute approximate surface area is 310 Å². The van der Waals surface area contributed by atoms with Gasteiger partial charge in [-0.2, -0.15) is 0 Å². The van der Waals surface area contributed by atoms with Crippen LogP contribution < -0.4 is 0 Å². The fraction of sp³-hybridized carbons (Fsp3) is 1.00. The molecule has 0 fully saturated rings. The smallest absolute Gasteiger partial charge is 0.0701 e. The lowest BCUT2D eigenvalue weighted by molar-refractivity contribution is -0.0291. The standard InChI is InChI=1S/C34H70INO13/c1-36(2)8-10-38-12-14-40-16-18-42-20-22-44-24-26-46-28-30-48-32-34-49-33-31-47-29-27-45-25-23-43-21-19-41-17-15-39-13-11-37-9-6-4-3-5-7-35/h3-34H2,1-2H3. The Morgan fingerprint density at radius 1 is 0.265 bits per heavy atom. The summed E-state index contributed by atoms with van der Waals surface area (Å²) in [6, 6.07) is 0. The molecule has 0 N–H and O–H groups in total. The SMILES string of the molecule is CN(C)CCOCCOCCOCCOCCOCCOCCOCCOCCOCCOCCOCCOCCOCCCCCCI. The van der Waals surface area contributed by atoms with E-state index in [0.29, 0.717) is 159 Å². The van der Waals surface area contributed by atoms with E-state index >= 15 is 0 Å². The van der Waals surface area contributed by atoms with Crippen molar-refractivity contribution in [2.45, 2.75) is 25.7 Å². The molecule has 0 aliphatic carbocycles. The second-order valence-corrected chi connectivity index (χ2v) is 11.9. The van der Waals surface area contributed by atoms with Gasteiger partial charge in [-0.1, -0.05) is 35.4 Å². The fourth-order valence-corrected chi connectivity index (χ4v) is 4.18. The molecule has 0 amide bonds. The molecule has 296 valence electrons. The molecule has 0 aromatic heterocycles. The van der Waals surface area contributed by atoms with Gasteiger partial charge in [0.15, 0.2) is 0 Å². The van der Waals surface area contributed by atoms with Gasteiger partial charge >= 0.3 is 0 Å². The first-order chi connectivity index (χ1) is 24.3. The molecule has 0 spiro atoms. The third-order valence-electron chi connectivity index (χ3n) is 6.32. The van der Waals surface area contributed by atoms with Gasteiger partial charge < -0.3 is 66.5 Å². The number of ether oxygens (including phenoxy) is 13. The molecule has 0 saturated heterocycles. The lowest BCUT2D eigenvalue weighted by atomic mass is 10.2. The monoisotopic (exact) mass is 827 g/mol. The highest BCUT2D eigenvalue weighted by molar-refractivity contribution is 14.1. The molecule has 0 saturated carbocycles. The number of hydrogen-bond donors (Lipinski definition) is 0. The first kappa shape index (κ1) is 49.2. The van der Waals surface area contributed by atoms with Crippen LogP contribution >= 0.6 is 22.6 Å². The van der Waals surface area contributed by atoms with E-state index in [4.69, 9.17) is 61.6 Å². The van der Waals surface area contributed by atoms with Gasteiger partial charge in [0, 0.05) is 13.2 Å². The van der Waals surface area contributed by atoms with Crippen molar-refractivity contribution < 1.29 is 61.6 Å². The maximum absolute atomic E-state index is 5.56. The largest absolute Gasteiger partial charge is 0.379 e. The zero-order valence-electron chi connectivity index (χ0n) is 30.8. The van der Waals surface area contributed by atoms with Crippen LogP contribution in [0.2, 0.25) is 0 Å². The van der Waals surface area contributed by atoms with Crippen LogP contribution in [0.5, 0.6) is 0 Å². The topological polar surface area (TPSA) is 123 Å². The Balaban J connectivity index is 3.04. The molecule has 0 heterocycles. The molecule has 15 heteroatoms. The zero-order chi connectivity index (χ0) is 35.4. The highest BCUT2D eigenvalue weighted by Crippen LogP contribution is 2.02. The van der Waals surface area contributed by atoms with E-state index in [1.54, 1.807) is 0 Å². The van der Waals surface area contributed by atoms with Gasteiger partial charge in [-0.3, -0.25) is 0 Å². The Kier molecular flexibility index (Phi) is 46.4. The van der Waals surface area contributed by atoms with Crippen LogP contribution in [0.15, 0.2) is 0 Å². The lowest BCUT2D eigenvalue weighted by Crippen LogP contribution is -2.19. The highest BCUT2D eigenvalue weighted by atomic mass is 127. The number of likely N-dealkylation sites (N-methyl/N-ethyl adjacent to an activating group) is 1. The van der Waals surface area contributed by atoms with Crippen LogP contribution in [0.1, 0.15) is 25.7 Å². The van der Waals surface area contributed by atoms with E-state index in [9.17, 15) is 0 Å². The van der Waals surface area contributed by atoms with E-state index in [-0.39, 0.29) is 0 Å². The van der Waals surface area contributed by atoms with Gasteiger partial charge in [-0.05, 0) is 31.4 Å². The molecule has 0 aliphatic heterocycles. The third-order valence-corrected chi connectivity index (χ3v) is 7.08. The van der Waals surface area contributed by atoms with Gasteiger partial charge in [0.2, 0.25) is 0 Å². The second-order valence-electron chi connectivity index (χ2n) is 10.9. The van der Waals surface area contributed by atoms with Crippen LogP contribution in [0.4, 0.5) is 0 Å². The molecule has 0 bridgehead atoms. The summed E-state index contributed by atoms with van der Waals surface area (Å²) >= 11 is 2.42. The molecular formula is C34H70INO13. The molecule has 0 atom stereocenters. The number of unbranched alkanes of at least 4 members (excludes halogenated alkanes) is 3. The van der Waals surface area contributed by atoms with Crippen LogP contribution in [-0.4, -0.2) is 202 Å². The van der Waals surface area contributed by atoms with E-state index < -0.39 is 0 Å². The summed E-state index contributed by atoms with van der Waals surface area (Å²) in [5, 5.41) is 0. The number of alkyl halides is 1. The first-order valence-corrected chi connectivity index (χ1v) is 19.5. The quantitative estimate of drug-likeness (QED) is 0.0508. The van der Waals surface area contributed by atoms with Crippen molar-refractivity contribution in [2.24, 2.45) is 0 Å². The number of halogens is 1. The lowest BCUT2D eigenvalue weighted by Gasteiger charge is -2.10. The predicted molar refractivity (Wildman–Crippen MR) is 197 cm³/mol. The van der Waals surface area contributed by atoms with Crippen LogP contribution in [-0.2, 0) is 61.6 Å². The van der Waals surface area contributed by atoms with Crippen LogP contribution in [0, 0.1) is 0 Å². The molecule has 14 nitrogen and oxygen atoms in total. The van der Waals surface area contributed by atoms with Gasteiger partial charge in [0.05, 0.1) is 165 Å².